The zero-order valence-electron chi connectivity index (χ0n) is 16.2. The summed E-state index contributed by atoms with van der Waals surface area (Å²) in [6.45, 7) is 1.27. The molecule has 1 saturated heterocycles. The average Bonchev–Trinajstić information content (AvgIpc) is 3.25. The molecule has 1 heterocycles. The molecule has 0 aromatic heterocycles. The highest BCUT2D eigenvalue weighted by molar-refractivity contribution is 7.80. The van der Waals surface area contributed by atoms with E-state index in [4.69, 9.17) is 26.4 Å². The molecule has 1 unspecified atom stereocenters. The molecule has 2 N–H and O–H groups in total. The van der Waals surface area contributed by atoms with Crippen LogP contribution in [0, 0.1) is 0 Å². The Morgan fingerprint density at radius 3 is 2.72 bits per heavy atom. The Morgan fingerprint density at radius 1 is 1.21 bits per heavy atom. The van der Waals surface area contributed by atoms with Gasteiger partial charge in [-0.1, -0.05) is 30.3 Å². The fourth-order valence-corrected chi connectivity index (χ4v) is 3.14. The molecule has 6 nitrogen and oxygen atoms in total. The second-order valence-corrected chi connectivity index (χ2v) is 6.87. The number of methoxy groups -OCH3 is 1. The molecule has 7 heteroatoms. The summed E-state index contributed by atoms with van der Waals surface area (Å²) in [7, 11) is 1.59. The van der Waals surface area contributed by atoms with Crippen LogP contribution in [-0.4, -0.2) is 37.4 Å². The predicted molar refractivity (Wildman–Crippen MR) is 117 cm³/mol. The van der Waals surface area contributed by atoms with Crippen LogP contribution in [0.1, 0.15) is 18.4 Å². The summed E-state index contributed by atoms with van der Waals surface area (Å²) < 4.78 is 16.7. The Labute approximate surface area is 175 Å². The van der Waals surface area contributed by atoms with E-state index in [1.807, 2.05) is 48.5 Å². The molecule has 0 saturated carbocycles. The minimum Gasteiger partial charge on any atom is -0.496 e. The van der Waals surface area contributed by atoms with Crippen LogP contribution < -0.4 is 20.1 Å². The number of anilines is 1. The SMILES string of the molecule is COc1ccccc1/C=C/C(=O)NC(=S)Nc1ccccc1OCC1CCCO1. The van der Waals surface area contributed by atoms with Crippen molar-refractivity contribution in [2.75, 3.05) is 25.6 Å². The third-order valence-corrected chi connectivity index (χ3v) is 4.58. The van der Waals surface area contributed by atoms with Crippen LogP contribution in [0.15, 0.2) is 54.6 Å². The van der Waals surface area contributed by atoms with Crippen LogP contribution in [0.25, 0.3) is 6.08 Å². The number of rotatable bonds is 7. The number of para-hydroxylation sites is 3. The third-order valence-electron chi connectivity index (χ3n) is 4.37. The van der Waals surface area contributed by atoms with Gasteiger partial charge in [-0.15, -0.1) is 0 Å². The second-order valence-electron chi connectivity index (χ2n) is 6.46. The van der Waals surface area contributed by atoms with Crippen molar-refractivity contribution >= 4 is 35.0 Å². The standard InChI is InChI=1S/C22H24N2O4S/c1-26-19-10-4-2-7-16(19)12-13-21(25)24-22(29)23-18-9-3-5-11-20(18)28-15-17-8-6-14-27-17/h2-5,7,9-13,17H,6,8,14-15H2,1H3,(H2,23,24,25,29)/b13-12+. The smallest absolute Gasteiger partial charge is 0.250 e. The van der Waals surface area contributed by atoms with Crippen LogP contribution in [0.2, 0.25) is 0 Å². The Balaban J connectivity index is 1.54. The number of nitrogens with one attached hydrogen (secondary N) is 2. The first kappa shape index (κ1) is 20.8. The Bertz CT molecular complexity index is 879. The molecule has 0 bridgehead atoms. The number of carbonyl (C=O) groups is 1. The molecule has 29 heavy (non-hydrogen) atoms. The minimum absolute atomic E-state index is 0.120. The number of ether oxygens (including phenoxy) is 3. The monoisotopic (exact) mass is 412 g/mol. The van der Waals surface area contributed by atoms with Crippen molar-refractivity contribution in [3.8, 4) is 11.5 Å². The largest absolute Gasteiger partial charge is 0.496 e. The van der Waals surface area contributed by atoms with Gasteiger partial charge >= 0.3 is 0 Å². The first-order valence-corrected chi connectivity index (χ1v) is 9.83. The van der Waals surface area contributed by atoms with E-state index in [0.29, 0.717) is 23.8 Å². The van der Waals surface area contributed by atoms with Crippen molar-refractivity contribution in [2.24, 2.45) is 0 Å². The van der Waals surface area contributed by atoms with Gasteiger partial charge in [0.05, 0.1) is 18.9 Å². The molecule has 0 radical (unpaired) electrons. The lowest BCUT2D eigenvalue weighted by atomic mass is 10.2. The number of hydrogen-bond donors (Lipinski definition) is 2. The maximum Gasteiger partial charge on any atom is 0.250 e. The van der Waals surface area contributed by atoms with Gasteiger partial charge in [-0.2, -0.15) is 0 Å². The van der Waals surface area contributed by atoms with E-state index in [0.717, 1.165) is 25.0 Å². The van der Waals surface area contributed by atoms with Crippen LogP contribution in [0.5, 0.6) is 11.5 Å². The molecular weight excluding hydrogens is 388 g/mol. The van der Waals surface area contributed by atoms with Crippen molar-refractivity contribution in [1.82, 2.24) is 5.32 Å². The first-order valence-electron chi connectivity index (χ1n) is 9.42. The van der Waals surface area contributed by atoms with E-state index in [-0.39, 0.29) is 17.1 Å². The molecule has 2 aromatic carbocycles. The van der Waals surface area contributed by atoms with Gasteiger partial charge in [0.2, 0.25) is 5.91 Å². The van der Waals surface area contributed by atoms with Crippen LogP contribution in [0.4, 0.5) is 5.69 Å². The number of carbonyl (C=O) groups excluding carboxylic acids is 1. The summed E-state index contributed by atoms with van der Waals surface area (Å²) in [6, 6.07) is 14.9. The highest BCUT2D eigenvalue weighted by atomic mass is 32.1. The molecule has 0 spiro atoms. The van der Waals surface area contributed by atoms with Crippen molar-refractivity contribution in [2.45, 2.75) is 18.9 Å². The van der Waals surface area contributed by atoms with Crippen molar-refractivity contribution in [3.63, 3.8) is 0 Å². The fraction of sp³-hybridized carbons (Fsp3) is 0.273. The quantitative estimate of drug-likeness (QED) is 0.533. The van der Waals surface area contributed by atoms with E-state index in [9.17, 15) is 4.79 Å². The Kier molecular flexibility index (Phi) is 7.61. The maximum absolute atomic E-state index is 12.2. The van der Waals surface area contributed by atoms with E-state index < -0.39 is 0 Å². The number of hydrogen-bond acceptors (Lipinski definition) is 5. The lowest BCUT2D eigenvalue weighted by molar-refractivity contribution is -0.115. The maximum atomic E-state index is 12.2. The number of thiocarbonyl (C=S) groups is 1. The van der Waals surface area contributed by atoms with Gasteiger partial charge < -0.3 is 19.5 Å². The molecule has 0 aliphatic carbocycles. The van der Waals surface area contributed by atoms with Crippen LogP contribution >= 0.6 is 12.2 Å². The molecular formula is C22H24N2O4S. The normalized spacial score (nSPS) is 15.8. The Hall–Kier alpha value is -2.90. The number of amides is 1. The zero-order chi connectivity index (χ0) is 20.5. The molecule has 1 amide bonds. The van der Waals surface area contributed by atoms with Gasteiger partial charge in [-0.3, -0.25) is 10.1 Å². The van der Waals surface area contributed by atoms with E-state index in [1.54, 1.807) is 13.2 Å². The molecule has 1 atom stereocenters. The number of benzene rings is 2. The van der Waals surface area contributed by atoms with Gasteiger partial charge in [0.15, 0.2) is 5.11 Å². The summed E-state index contributed by atoms with van der Waals surface area (Å²) in [6.07, 6.45) is 5.27. The summed E-state index contributed by atoms with van der Waals surface area (Å²) in [5, 5.41) is 5.83. The van der Waals surface area contributed by atoms with E-state index in [1.165, 1.54) is 6.08 Å². The molecule has 3 rings (SSSR count). The van der Waals surface area contributed by atoms with Gasteiger partial charge in [-0.05, 0) is 49.3 Å². The predicted octanol–water partition coefficient (Wildman–Crippen LogP) is 3.78. The molecule has 1 aliphatic rings. The first-order chi connectivity index (χ1) is 14.2. The average molecular weight is 413 g/mol. The summed E-state index contributed by atoms with van der Waals surface area (Å²) in [5.74, 6) is 1.00. The van der Waals surface area contributed by atoms with E-state index in [2.05, 4.69) is 10.6 Å². The van der Waals surface area contributed by atoms with Gasteiger partial charge in [-0.25, -0.2) is 0 Å². The highest BCUT2D eigenvalue weighted by Gasteiger charge is 2.17. The third kappa shape index (κ3) is 6.30. The zero-order valence-corrected chi connectivity index (χ0v) is 17.0. The fourth-order valence-electron chi connectivity index (χ4n) is 2.93. The highest BCUT2D eigenvalue weighted by Crippen LogP contribution is 2.25. The van der Waals surface area contributed by atoms with Gasteiger partial charge in [0, 0.05) is 18.2 Å². The molecule has 1 fully saturated rings. The molecule has 152 valence electrons. The molecule has 1 aliphatic heterocycles. The van der Waals surface area contributed by atoms with Crippen molar-refractivity contribution in [1.29, 1.82) is 0 Å². The Morgan fingerprint density at radius 2 is 1.97 bits per heavy atom. The summed E-state index contributed by atoms with van der Waals surface area (Å²) >= 11 is 5.26. The van der Waals surface area contributed by atoms with E-state index >= 15 is 0 Å². The second kappa shape index (κ2) is 10.6. The summed E-state index contributed by atoms with van der Waals surface area (Å²) in [5.41, 5.74) is 1.49. The van der Waals surface area contributed by atoms with Crippen LogP contribution in [-0.2, 0) is 9.53 Å². The van der Waals surface area contributed by atoms with Crippen molar-refractivity contribution < 1.29 is 19.0 Å². The topological polar surface area (TPSA) is 68.8 Å². The summed E-state index contributed by atoms with van der Waals surface area (Å²) in [4.78, 5) is 12.2. The van der Waals surface area contributed by atoms with Crippen LogP contribution in [0.3, 0.4) is 0 Å². The lowest BCUT2D eigenvalue weighted by Gasteiger charge is -2.16. The lowest BCUT2D eigenvalue weighted by Crippen LogP contribution is -2.33. The minimum atomic E-state index is -0.342. The van der Waals surface area contributed by atoms with Gasteiger partial charge in [0.1, 0.15) is 18.1 Å². The van der Waals surface area contributed by atoms with Crippen molar-refractivity contribution in [3.05, 3.63) is 60.2 Å². The molecule has 2 aromatic rings. The van der Waals surface area contributed by atoms with Gasteiger partial charge in [0.25, 0.3) is 0 Å².